The zero-order chi connectivity index (χ0) is 12.7. The summed E-state index contributed by atoms with van der Waals surface area (Å²) < 4.78 is 5.92. The molecular weight excluding hydrogens is 304 g/mol. The molecule has 0 spiro atoms. The van der Waals surface area contributed by atoms with E-state index in [1.807, 2.05) is 13.0 Å². The lowest BCUT2D eigenvalue weighted by Crippen LogP contribution is -2.32. The SMILES string of the molecule is COCCNCCNC(=O)c1cc(C)c(Br)s1. The van der Waals surface area contributed by atoms with Crippen LogP contribution in [0.5, 0.6) is 0 Å². The first-order valence-electron chi connectivity index (χ1n) is 5.39. The summed E-state index contributed by atoms with van der Waals surface area (Å²) in [5.41, 5.74) is 1.10. The molecule has 0 unspecified atom stereocenters. The quantitative estimate of drug-likeness (QED) is 0.753. The number of ether oxygens (including phenoxy) is 1. The molecule has 0 fully saturated rings. The van der Waals surface area contributed by atoms with E-state index in [-0.39, 0.29) is 5.91 Å². The van der Waals surface area contributed by atoms with Gasteiger partial charge in [0.15, 0.2) is 0 Å². The van der Waals surface area contributed by atoms with E-state index in [0.717, 1.165) is 27.3 Å². The van der Waals surface area contributed by atoms with Crippen molar-refractivity contribution >= 4 is 33.2 Å². The van der Waals surface area contributed by atoms with Crippen molar-refractivity contribution in [2.45, 2.75) is 6.92 Å². The molecule has 0 aliphatic rings. The van der Waals surface area contributed by atoms with Gasteiger partial charge in [-0.1, -0.05) is 0 Å². The molecule has 0 aliphatic carbocycles. The van der Waals surface area contributed by atoms with Crippen LogP contribution in [0.2, 0.25) is 0 Å². The molecule has 1 amide bonds. The van der Waals surface area contributed by atoms with E-state index in [1.165, 1.54) is 11.3 Å². The molecule has 4 nitrogen and oxygen atoms in total. The third-order valence-electron chi connectivity index (χ3n) is 2.15. The second-order valence-electron chi connectivity index (χ2n) is 3.57. The summed E-state index contributed by atoms with van der Waals surface area (Å²) in [5, 5.41) is 6.03. The van der Waals surface area contributed by atoms with Crippen molar-refractivity contribution in [2.24, 2.45) is 0 Å². The number of nitrogens with one attached hydrogen (secondary N) is 2. The number of carbonyl (C=O) groups excluding carboxylic acids is 1. The molecule has 17 heavy (non-hydrogen) atoms. The summed E-state index contributed by atoms with van der Waals surface area (Å²) in [6.45, 7) is 4.84. The summed E-state index contributed by atoms with van der Waals surface area (Å²) in [7, 11) is 1.67. The number of hydrogen-bond donors (Lipinski definition) is 2. The van der Waals surface area contributed by atoms with Crippen molar-refractivity contribution in [3.8, 4) is 0 Å². The van der Waals surface area contributed by atoms with Gasteiger partial charge in [-0.2, -0.15) is 0 Å². The zero-order valence-electron chi connectivity index (χ0n) is 10.0. The van der Waals surface area contributed by atoms with Crippen molar-refractivity contribution in [1.82, 2.24) is 10.6 Å². The van der Waals surface area contributed by atoms with Crippen LogP contribution in [0.3, 0.4) is 0 Å². The maximum absolute atomic E-state index is 11.7. The average Bonchev–Trinajstić information content (AvgIpc) is 2.64. The predicted octanol–water partition coefficient (Wildman–Crippen LogP) is 1.78. The highest BCUT2D eigenvalue weighted by atomic mass is 79.9. The molecule has 96 valence electrons. The summed E-state index contributed by atoms with van der Waals surface area (Å²) in [4.78, 5) is 12.5. The van der Waals surface area contributed by atoms with E-state index in [1.54, 1.807) is 7.11 Å². The molecule has 0 atom stereocenters. The number of halogens is 1. The van der Waals surface area contributed by atoms with Crippen LogP contribution in [0.15, 0.2) is 9.85 Å². The Bertz CT molecular complexity index is 349. The third-order valence-corrected chi connectivity index (χ3v) is 4.29. The number of carbonyl (C=O) groups is 1. The van der Waals surface area contributed by atoms with Crippen LogP contribution in [0.1, 0.15) is 15.2 Å². The van der Waals surface area contributed by atoms with E-state index >= 15 is 0 Å². The number of hydrogen-bond acceptors (Lipinski definition) is 4. The van der Waals surface area contributed by atoms with Crippen molar-refractivity contribution in [2.75, 3.05) is 33.4 Å². The molecule has 6 heteroatoms. The van der Waals surface area contributed by atoms with E-state index in [2.05, 4.69) is 26.6 Å². The lowest BCUT2D eigenvalue weighted by atomic mass is 10.3. The molecule has 1 rings (SSSR count). The van der Waals surface area contributed by atoms with Crippen LogP contribution in [0.4, 0.5) is 0 Å². The standard InChI is InChI=1S/C11H17BrN2O2S/c1-8-7-9(17-10(8)12)11(15)14-4-3-13-5-6-16-2/h7,13H,3-6H2,1-2H3,(H,14,15). The molecule has 1 aromatic rings. The van der Waals surface area contributed by atoms with Crippen molar-refractivity contribution < 1.29 is 9.53 Å². The molecule has 0 bridgehead atoms. The van der Waals surface area contributed by atoms with Crippen LogP contribution >= 0.6 is 27.3 Å². The second kappa shape index (κ2) is 7.81. The summed E-state index contributed by atoms with van der Waals surface area (Å²) in [6.07, 6.45) is 0. The Hall–Kier alpha value is -0.430. The summed E-state index contributed by atoms with van der Waals surface area (Å²) in [6, 6.07) is 1.89. The maximum Gasteiger partial charge on any atom is 0.261 e. The first kappa shape index (κ1) is 14.6. The fourth-order valence-corrected chi connectivity index (χ4v) is 2.67. The average molecular weight is 321 g/mol. The smallest absolute Gasteiger partial charge is 0.261 e. The topological polar surface area (TPSA) is 50.4 Å². The van der Waals surface area contributed by atoms with Gasteiger partial charge in [0.25, 0.3) is 5.91 Å². The van der Waals surface area contributed by atoms with Gasteiger partial charge >= 0.3 is 0 Å². The van der Waals surface area contributed by atoms with Crippen LogP contribution in [0, 0.1) is 6.92 Å². The molecule has 0 saturated heterocycles. The van der Waals surface area contributed by atoms with Gasteiger partial charge in [0, 0.05) is 26.7 Å². The van der Waals surface area contributed by atoms with Gasteiger partial charge in [-0.15, -0.1) is 11.3 Å². The van der Waals surface area contributed by atoms with Gasteiger partial charge in [-0.25, -0.2) is 0 Å². The highest BCUT2D eigenvalue weighted by Crippen LogP contribution is 2.26. The van der Waals surface area contributed by atoms with E-state index < -0.39 is 0 Å². The Labute approximate surface area is 114 Å². The van der Waals surface area contributed by atoms with Gasteiger partial charge in [-0.05, 0) is 34.5 Å². The minimum absolute atomic E-state index is 0.0164. The van der Waals surface area contributed by atoms with Crippen LogP contribution in [0.25, 0.3) is 0 Å². The Morgan fingerprint density at radius 3 is 2.82 bits per heavy atom. The normalized spacial score (nSPS) is 10.5. The number of methoxy groups -OCH3 is 1. The monoisotopic (exact) mass is 320 g/mol. The first-order valence-corrected chi connectivity index (χ1v) is 7.00. The third kappa shape index (κ3) is 5.16. The summed E-state index contributed by atoms with van der Waals surface area (Å²) >= 11 is 4.87. The molecule has 1 aromatic heterocycles. The minimum atomic E-state index is -0.0164. The number of amides is 1. The van der Waals surface area contributed by atoms with Gasteiger partial charge in [-0.3, -0.25) is 4.79 Å². The highest BCUT2D eigenvalue weighted by Gasteiger charge is 2.09. The molecule has 0 aliphatic heterocycles. The minimum Gasteiger partial charge on any atom is -0.383 e. The Morgan fingerprint density at radius 2 is 2.24 bits per heavy atom. The van der Waals surface area contributed by atoms with Crippen molar-refractivity contribution in [1.29, 1.82) is 0 Å². The Balaban J connectivity index is 2.21. The van der Waals surface area contributed by atoms with Gasteiger partial charge < -0.3 is 15.4 Å². The van der Waals surface area contributed by atoms with Crippen molar-refractivity contribution in [3.63, 3.8) is 0 Å². The van der Waals surface area contributed by atoms with E-state index in [9.17, 15) is 4.79 Å². The largest absolute Gasteiger partial charge is 0.383 e. The number of aryl methyl sites for hydroxylation is 1. The van der Waals surface area contributed by atoms with Crippen LogP contribution < -0.4 is 10.6 Å². The van der Waals surface area contributed by atoms with Gasteiger partial charge in [0.2, 0.25) is 0 Å². The fourth-order valence-electron chi connectivity index (χ4n) is 1.22. The molecule has 0 radical (unpaired) electrons. The molecule has 0 aromatic carbocycles. The zero-order valence-corrected chi connectivity index (χ0v) is 12.4. The van der Waals surface area contributed by atoms with Gasteiger partial charge in [0.05, 0.1) is 15.3 Å². The number of rotatable bonds is 7. The lowest BCUT2D eigenvalue weighted by Gasteiger charge is -2.05. The van der Waals surface area contributed by atoms with E-state index in [4.69, 9.17) is 4.74 Å². The molecule has 0 saturated carbocycles. The Morgan fingerprint density at radius 1 is 1.47 bits per heavy atom. The summed E-state index contributed by atoms with van der Waals surface area (Å²) in [5.74, 6) is -0.0164. The van der Waals surface area contributed by atoms with Crippen LogP contribution in [-0.4, -0.2) is 39.3 Å². The Kier molecular flexibility index (Phi) is 6.72. The van der Waals surface area contributed by atoms with Gasteiger partial charge in [0.1, 0.15) is 0 Å². The fraction of sp³-hybridized carbons (Fsp3) is 0.545. The maximum atomic E-state index is 11.7. The highest BCUT2D eigenvalue weighted by molar-refractivity contribution is 9.11. The predicted molar refractivity (Wildman–Crippen MR) is 73.8 cm³/mol. The lowest BCUT2D eigenvalue weighted by molar-refractivity contribution is 0.0957. The molecular formula is C11H17BrN2O2S. The first-order chi connectivity index (χ1) is 8.15. The van der Waals surface area contributed by atoms with E-state index in [0.29, 0.717) is 13.2 Å². The van der Waals surface area contributed by atoms with Crippen molar-refractivity contribution in [3.05, 3.63) is 20.3 Å². The molecule has 1 heterocycles. The van der Waals surface area contributed by atoms with Crippen LogP contribution in [-0.2, 0) is 4.74 Å². The second-order valence-corrected chi connectivity index (χ2v) is 5.94. The molecule has 2 N–H and O–H groups in total. The number of thiophene rings is 1.